The Labute approximate surface area is 158 Å². The summed E-state index contributed by atoms with van der Waals surface area (Å²) in [5.41, 5.74) is 4.45. The molecule has 0 saturated carbocycles. The number of benzene rings is 2. The number of hydrogen-bond acceptors (Lipinski definition) is 4. The first kappa shape index (κ1) is 18.1. The molecule has 3 aromatic rings. The number of rotatable bonds is 4. The van der Waals surface area contributed by atoms with Crippen LogP contribution in [0.25, 0.3) is 11.3 Å². The summed E-state index contributed by atoms with van der Waals surface area (Å²) >= 11 is 1.56. The molecule has 26 heavy (non-hydrogen) atoms. The van der Waals surface area contributed by atoms with Crippen molar-refractivity contribution in [1.29, 1.82) is 0 Å². The van der Waals surface area contributed by atoms with E-state index in [1.54, 1.807) is 11.3 Å². The van der Waals surface area contributed by atoms with Crippen molar-refractivity contribution in [3.63, 3.8) is 0 Å². The Balaban J connectivity index is 1.78. The molecule has 0 aliphatic heterocycles. The van der Waals surface area contributed by atoms with Crippen molar-refractivity contribution in [2.24, 2.45) is 5.41 Å². The van der Waals surface area contributed by atoms with Crippen LogP contribution >= 0.6 is 11.3 Å². The molecule has 1 aromatic heterocycles. The number of aryl methyl sites for hydroxylation is 1. The van der Waals surface area contributed by atoms with Crippen LogP contribution in [0.4, 0.5) is 16.5 Å². The third kappa shape index (κ3) is 4.29. The Morgan fingerprint density at radius 3 is 2.58 bits per heavy atom. The van der Waals surface area contributed by atoms with Gasteiger partial charge in [-0.3, -0.25) is 4.79 Å². The number of carbonyl (C=O) groups is 1. The highest BCUT2D eigenvalue weighted by atomic mass is 32.1. The van der Waals surface area contributed by atoms with E-state index in [2.05, 4.69) is 28.6 Å². The van der Waals surface area contributed by atoms with Crippen LogP contribution < -0.4 is 10.6 Å². The molecule has 4 nitrogen and oxygen atoms in total. The van der Waals surface area contributed by atoms with Crippen LogP contribution in [0, 0.1) is 12.3 Å². The second-order valence-electron chi connectivity index (χ2n) is 7.26. The molecular weight excluding hydrogens is 342 g/mol. The van der Waals surface area contributed by atoms with Gasteiger partial charge in [-0.15, -0.1) is 11.3 Å². The normalized spacial score (nSPS) is 11.2. The molecule has 0 fully saturated rings. The minimum absolute atomic E-state index is 0.00478. The largest absolute Gasteiger partial charge is 0.331 e. The van der Waals surface area contributed by atoms with Gasteiger partial charge in [0.2, 0.25) is 5.91 Å². The van der Waals surface area contributed by atoms with E-state index in [4.69, 9.17) is 0 Å². The van der Waals surface area contributed by atoms with E-state index >= 15 is 0 Å². The fraction of sp³-hybridized carbons (Fsp3) is 0.238. The lowest BCUT2D eigenvalue weighted by atomic mass is 9.95. The van der Waals surface area contributed by atoms with E-state index in [0.29, 0.717) is 0 Å². The first-order valence-electron chi connectivity index (χ1n) is 8.53. The SMILES string of the molecule is Cc1ccccc1Nc1nc(-c2cccc(NC(=O)C(C)(C)C)c2)cs1. The van der Waals surface area contributed by atoms with Gasteiger partial charge in [0.1, 0.15) is 0 Å². The van der Waals surface area contributed by atoms with Gasteiger partial charge in [0, 0.05) is 27.7 Å². The Bertz CT molecular complexity index is 925. The molecule has 0 radical (unpaired) electrons. The molecule has 0 atom stereocenters. The zero-order valence-electron chi connectivity index (χ0n) is 15.5. The third-order valence-corrected chi connectivity index (χ3v) is 4.75. The molecule has 2 aromatic carbocycles. The summed E-state index contributed by atoms with van der Waals surface area (Å²) in [6.07, 6.45) is 0. The van der Waals surface area contributed by atoms with Gasteiger partial charge in [-0.25, -0.2) is 4.98 Å². The van der Waals surface area contributed by atoms with E-state index in [1.165, 1.54) is 5.56 Å². The Kier molecular flexibility index (Phi) is 5.09. The number of para-hydroxylation sites is 1. The summed E-state index contributed by atoms with van der Waals surface area (Å²) in [7, 11) is 0. The predicted molar refractivity (Wildman–Crippen MR) is 110 cm³/mol. The number of nitrogens with zero attached hydrogens (tertiary/aromatic N) is 1. The highest BCUT2D eigenvalue weighted by molar-refractivity contribution is 7.14. The molecule has 3 rings (SSSR count). The Morgan fingerprint density at radius 2 is 1.85 bits per heavy atom. The zero-order chi connectivity index (χ0) is 18.7. The van der Waals surface area contributed by atoms with Crippen molar-refractivity contribution in [1.82, 2.24) is 4.98 Å². The standard InChI is InChI=1S/C21H23N3OS/c1-14-8-5-6-11-17(14)23-20-24-18(13-26-20)15-9-7-10-16(12-15)22-19(25)21(2,3)4/h5-13H,1-4H3,(H,22,25)(H,23,24). The maximum absolute atomic E-state index is 12.2. The maximum atomic E-state index is 12.2. The first-order chi connectivity index (χ1) is 12.3. The van der Waals surface area contributed by atoms with Crippen LogP contribution in [0.15, 0.2) is 53.9 Å². The van der Waals surface area contributed by atoms with Gasteiger partial charge >= 0.3 is 0 Å². The summed E-state index contributed by atoms with van der Waals surface area (Å²) in [6.45, 7) is 7.76. The Morgan fingerprint density at radius 1 is 1.08 bits per heavy atom. The number of thiazole rings is 1. The molecule has 134 valence electrons. The molecule has 0 saturated heterocycles. The third-order valence-electron chi connectivity index (χ3n) is 3.99. The average Bonchev–Trinajstić information content (AvgIpc) is 3.05. The predicted octanol–water partition coefficient (Wildman–Crippen LogP) is 5.85. The van der Waals surface area contributed by atoms with Crippen molar-refractivity contribution in [3.05, 3.63) is 59.5 Å². The summed E-state index contributed by atoms with van der Waals surface area (Å²) in [4.78, 5) is 16.9. The van der Waals surface area contributed by atoms with Gasteiger partial charge in [-0.05, 0) is 30.7 Å². The van der Waals surface area contributed by atoms with Crippen molar-refractivity contribution in [2.75, 3.05) is 10.6 Å². The van der Waals surface area contributed by atoms with E-state index in [1.807, 2.05) is 68.6 Å². The topological polar surface area (TPSA) is 54.0 Å². The minimum atomic E-state index is -0.429. The van der Waals surface area contributed by atoms with Gasteiger partial charge in [0.25, 0.3) is 0 Å². The van der Waals surface area contributed by atoms with Crippen LogP contribution in [0.1, 0.15) is 26.3 Å². The number of amides is 1. The summed E-state index contributed by atoms with van der Waals surface area (Å²) < 4.78 is 0. The number of aromatic nitrogens is 1. The number of nitrogens with one attached hydrogen (secondary N) is 2. The molecule has 0 aliphatic rings. The monoisotopic (exact) mass is 365 g/mol. The molecule has 1 amide bonds. The van der Waals surface area contributed by atoms with Crippen molar-refractivity contribution >= 4 is 33.8 Å². The fourth-order valence-electron chi connectivity index (χ4n) is 2.37. The van der Waals surface area contributed by atoms with E-state index in [9.17, 15) is 4.79 Å². The maximum Gasteiger partial charge on any atom is 0.229 e. The molecule has 0 aliphatic carbocycles. The lowest BCUT2D eigenvalue weighted by Crippen LogP contribution is -2.27. The second-order valence-corrected chi connectivity index (χ2v) is 8.12. The van der Waals surface area contributed by atoms with Crippen molar-refractivity contribution in [2.45, 2.75) is 27.7 Å². The average molecular weight is 366 g/mol. The fourth-order valence-corrected chi connectivity index (χ4v) is 3.10. The van der Waals surface area contributed by atoms with Crippen LogP contribution in [0.3, 0.4) is 0 Å². The minimum Gasteiger partial charge on any atom is -0.331 e. The lowest BCUT2D eigenvalue weighted by molar-refractivity contribution is -0.123. The highest BCUT2D eigenvalue weighted by Crippen LogP contribution is 2.29. The van der Waals surface area contributed by atoms with Gasteiger partial charge in [0.05, 0.1) is 5.69 Å². The molecular formula is C21H23N3OS. The van der Waals surface area contributed by atoms with E-state index in [0.717, 1.165) is 27.8 Å². The van der Waals surface area contributed by atoms with Gasteiger partial charge < -0.3 is 10.6 Å². The highest BCUT2D eigenvalue weighted by Gasteiger charge is 2.21. The number of hydrogen-bond donors (Lipinski definition) is 2. The molecule has 5 heteroatoms. The quantitative estimate of drug-likeness (QED) is 0.610. The Hall–Kier alpha value is -2.66. The molecule has 1 heterocycles. The number of anilines is 3. The molecule has 2 N–H and O–H groups in total. The zero-order valence-corrected chi connectivity index (χ0v) is 16.3. The van der Waals surface area contributed by atoms with Crippen LogP contribution in [0.2, 0.25) is 0 Å². The van der Waals surface area contributed by atoms with Gasteiger partial charge in [-0.1, -0.05) is 51.1 Å². The number of carbonyl (C=O) groups excluding carboxylic acids is 1. The molecule has 0 spiro atoms. The van der Waals surface area contributed by atoms with Crippen LogP contribution in [-0.2, 0) is 4.79 Å². The lowest BCUT2D eigenvalue weighted by Gasteiger charge is -2.17. The smallest absolute Gasteiger partial charge is 0.229 e. The molecule has 0 unspecified atom stereocenters. The van der Waals surface area contributed by atoms with E-state index < -0.39 is 5.41 Å². The molecule has 0 bridgehead atoms. The second kappa shape index (κ2) is 7.30. The van der Waals surface area contributed by atoms with Gasteiger partial charge in [0.15, 0.2) is 5.13 Å². The van der Waals surface area contributed by atoms with E-state index in [-0.39, 0.29) is 5.91 Å². The summed E-state index contributed by atoms with van der Waals surface area (Å²) in [5.74, 6) is -0.00478. The van der Waals surface area contributed by atoms with Crippen molar-refractivity contribution < 1.29 is 4.79 Å². The first-order valence-corrected chi connectivity index (χ1v) is 9.41. The van der Waals surface area contributed by atoms with Gasteiger partial charge in [-0.2, -0.15) is 0 Å². The van der Waals surface area contributed by atoms with Crippen LogP contribution in [0.5, 0.6) is 0 Å². The summed E-state index contributed by atoms with van der Waals surface area (Å²) in [5, 5.41) is 9.20. The van der Waals surface area contributed by atoms with Crippen molar-refractivity contribution in [3.8, 4) is 11.3 Å². The summed E-state index contributed by atoms with van der Waals surface area (Å²) in [6, 6.07) is 15.9. The van der Waals surface area contributed by atoms with Crippen LogP contribution in [-0.4, -0.2) is 10.9 Å².